The summed E-state index contributed by atoms with van der Waals surface area (Å²) in [5.74, 6) is 0. The average molecular weight is 357 g/mol. The second-order valence-corrected chi connectivity index (χ2v) is 7.54. The molecule has 0 unspecified atom stereocenters. The van der Waals surface area contributed by atoms with E-state index in [2.05, 4.69) is 15.7 Å². The average Bonchev–Trinajstić information content (AvgIpc) is 2.62. The molecule has 25 heavy (non-hydrogen) atoms. The fourth-order valence-corrected chi connectivity index (χ4v) is 3.75. The molecule has 0 aliphatic carbocycles. The molecule has 3 rings (SSSR count). The Balaban J connectivity index is 1.85. The molecule has 2 aromatic carbocycles. The molecule has 1 N–H and O–H groups in total. The van der Waals surface area contributed by atoms with Gasteiger partial charge in [0.25, 0.3) is 10.0 Å². The van der Waals surface area contributed by atoms with Gasteiger partial charge in [-0.2, -0.15) is 5.26 Å². The molecule has 0 radical (unpaired) electrons. The van der Waals surface area contributed by atoms with Gasteiger partial charge in [-0.3, -0.25) is 4.72 Å². The predicted octanol–water partition coefficient (Wildman–Crippen LogP) is 2.50. The van der Waals surface area contributed by atoms with Crippen molar-refractivity contribution < 1.29 is 13.2 Å². The van der Waals surface area contributed by atoms with Crippen LogP contribution < -0.4 is 9.62 Å². The molecule has 0 amide bonds. The number of aryl methyl sites for hydroxylation is 1. The Kier molecular flexibility index (Phi) is 4.93. The van der Waals surface area contributed by atoms with E-state index < -0.39 is 10.0 Å². The maximum absolute atomic E-state index is 12.5. The van der Waals surface area contributed by atoms with Gasteiger partial charge in [0.2, 0.25) is 0 Å². The van der Waals surface area contributed by atoms with Crippen molar-refractivity contribution in [2.24, 2.45) is 0 Å². The van der Waals surface area contributed by atoms with E-state index in [-0.39, 0.29) is 4.90 Å². The highest BCUT2D eigenvalue weighted by Gasteiger charge is 2.18. The summed E-state index contributed by atoms with van der Waals surface area (Å²) in [4.78, 5) is 2.26. The number of ether oxygens (including phenoxy) is 1. The van der Waals surface area contributed by atoms with E-state index in [1.165, 1.54) is 0 Å². The summed E-state index contributed by atoms with van der Waals surface area (Å²) in [7, 11) is -3.69. The Labute approximate surface area is 147 Å². The highest BCUT2D eigenvalue weighted by Crippen LogP contribution is 2.26. The van der Waals surface area contributed by atoms with Gasteiger partial charge < -0.3 is 9.64 Å². The van der Waals surface area contributed by atoms with Crippen molar-refractivity contribution in [3.63, 3.8) is 0 Å². The first-order chi connectivity index (χ1) is 12.0. The van der Waals surface area contributed by atoms with Crippen LogP contribution in [0.1, 0.15) is 11.1 Å². The van der Waals surface area contributed by atoms with E-state index in [0.29, 0.717) is 37.6 Å². The van der Waals surface area contributed by atoms with Gasteiger partial charge in [-0.15, -0.1) is 0 Å². The zero-order chi connectivity index (χ0) is 17.9. The lowest BCUT2D eigenvalue weighted by Gasteiger charge is -2.29. The smallest absolute Gasteiger partial charge is 0.261 e. The Morgan fingerprint density at radius 2 is 1.80 bits per heavy atom. The van der Waals surface area contributed by atoms with E-state index in [9.17, 15) is 13.7 Å². The first kappa shape index (κ1) is 17.3. The zero-order valence-corrected chi connectivity index (χ0v) is 14.7. The van der Waals surface area contributed by atoms with Crippen LogP contribution >= 0.6 is 0 Å². The van der Waals surface area contributed by atoms with Crippen LogP contribution in [0, 0.1) is 18.3 Å². The van der Waals surface area contributed by atoms with Crippen molar-refractivity contribution in [2.75, 3.05) is 35.9 Å². The minimum absolute atomic E-state index is 0.189. The molecule has 130 valence electrons. The van der Waals surface area contributed by atoms with Crippen LogP contribution in [-0.2, 0) is 14.8 Å². The molecular formula is C18H19N3O3S. The third kappa shape index (κ3) is 3.92. The van der Waals surface area contributed by atoms with E-state index >= 15 is 0 Å². The van der Waals surface area contributed by atoms with E-state index in [1.54, 1.807) is 42.5 Å². The highest BCUT2D eigenvalue weighted by molar-refractivity contribution is 7.92. The third-order valence-corrected chi connectivity index (χ3v) is 5.45. The van der Waals surface area contributed by atoms with Gasteiger partial charge >= 0.3 is 0 Å². The van der Waals surface area contributed by atoms with Crippen LogP contribution in [0.15, 0.2) is 47.4 Å². The molecule has 0 spiro atoms. The van der Waals surface area contributed by atoms with Crippen LogP contribution in [0.25, 0.3) is 0 Å². The van der Waals surface area contributed by atoms with Crippen LogP contribution in [0.3, 0.4) is 0 Å². The molecule has 1 fully saturated rings. The fraction of sp³-hybridized carbons (Fsp3) is 0.278. The standard InChI is InChI=1S/C18H19N3O3S/c1-14-2-5-17(6-3-14)25(22,23)20-16-4-7-18(15(12-16)13-19)21-8-10-24-11-9-21/h2-7,12,20H,8-11H2,1H3. The van der Waals surface area contributed by atoms with Gasteiger partial charge in [0.15, 0.2) is 0 Å². The summed E-state index contributed by atoms with van der Waals surface area (Å²) in [6, 6.07) is 13.8. The van der Waals surface area contributed by atoms with Crippen molar-refractivity contribution in [1.29, 1.82) is 5.26 Å². The molecule has 7 heteroatoms. The Morgan fingerprint density at radius 3 is 2.44 bits per heavy atom. The van der Waals surface area contributed by atoms with Crippen LogP contribution in [0.2, 0.25) is 0 Å². The molecule has 1 aliphatic rings. The molecule has 0 bridgehead atoms. The number of nitrogens with zero attached hydrogens (tertiary/aromatic N) is 2. The first-order valence-corrected chi connectivity index (χ1v) is 9.44. The molecule has 1 saturated heterocycles. The molecule has 1 heterocycles. The van der Waals surface area contributed by atoms with Crippen molar-refractivity contribution in [3.8, 4) is 6.07 Å². The number of benzene rings is 2. The number of sulfonamides is 1. The lowest BCUT2D eigenvalue weighted by molar-refractivity contribution is 0.122. The number of anilines is 2. The fourth-order valence-electron chi connectivity index (χ4n) is 2.70. The summed E-state index contributed by atoms with van der Waals surface area (Å²) in [6.07, 6.45) is 0. The van der Waals surface area contributed by atoms with E-state index in [0.717, 1.165) is 11.3 Å². The summed E-state index contributed by atoms with van der Waals surface area (Å²) < 4.78 is 32.8. The normalized spacial score (nSPS) is 14.8. The maximum Gasteiger partial charge on any atom is 0.261 e. The van der Waals surface area contributed by atoms with E-state index in [4.69, 9.17) is 4.74 Å². The first-order valence-electron chi connectivity index (χ1n) is 7.96. The predicted molar refractivity (Wildman–Crippen MR) is 96.2 cm³/mol. The molecular weight excluding hydrogens is 338 g/mol. The second-order valence-electron chi connectivity index (χ2n) is 5.86. The van der Waals surface area contributed by atoms with Crippen molar-refractivity contribution >= 4 is 21.4 Å². The van der Waals surface area contributed by atoms with Gasteiger partial charge in [0, 0.05) is 13.1 Å². The topological polar surface area (TPSA) is 82.4 Å². The van der Waals surface area contributed by atoms with Crippen LogP contribution in [-0.4, -0.2) is 34.7 Å². The number of morpholine rings is 1. The molecule has 2 aromatic rings. The largest absolute Gasteiger partial charge is 0.378 e. The molecule has 0 aromatic heterocycles. The second kappa shape index (κ2) is 7.13. The lowest BCUT2D eigenvalue weighted by atomic mass is 10.1. The molecule has 1 aliphatic heterocycles. The number of nitrogens with one attached hydrogen (secondary N) is 1. The van der Waals surface area contributed by atoms with Gasteiger partial charge in [-0.1, -0.05) is 17.7 Å². The Bertz CT molecular complexity index is 896. The minimum Gasteiger partial charge on any atom is -0.378 e. The van der Waals surface area contributed by atoms with Gasteiger partial charge in [0.1, 0.15) is 6.07 Å². The van der Waals surface area contributed by atoms with Crippen LogP contribution in [0.4, 0.5) is 11.4 Å². The summed E-state index contributed by atoms with van der Waals surface area (Å²) in [6.45, 7) is 4.55. The van der Waals surface area contributed by atoms with Crippen LogP contribution in [0.5, 0.6) is 0 Å². The van der Waals surface area contributed by atoms with Gasteiger partial charge in [-0.25, -0.2) is 8.42 Å². The van der Waals surface area contributed by atoms with Gasteiger partial charge in [-0.05, 0) is 37.3 Å². The third-order valence-electron chi connectivity index (χ3n) is 4.05. The lowest BCUT2D eigenvalue weighted by Crippen LogP contribution is -2.36. The Hall–Kier alpha value is -2.56. The molecule has 0 saturated carbocycles. The number of nitriles is 1. The number of hydrogen-bond donors (Lipinski definition) is 1. The van der Waals surface area contributed by atoms with Gasteiger partial charge in [0.05, 0.1) is 35.0 Å². The summed E-state index contributed by atoms with van der Waals surface area (Å²) >= 11 is 0. The summed E-state index contributed by atoms with van der Waals surface area (Å²) in [5, 5.41) is 9.43. The molecule has 6 nitrogen and oxygen atoms in total. The number of hydrogen-bond acceptors (Lipinski definition) is 5. The van der Waals surface area contributed by atoms with Crippen molar-refractivity contribution in [1.82, 2.24) is 0 Å². The minimum atomic E-state index is -3.69. The van der Waals surface area contributed by atoms with E-state index in [1.807, 2.05) is 6.92 Å². The van der Waals surface area contributed by atoms with Crippen molar-refractivity contribution in [2.45, 2.75) is 11.8 Å². The SMILES string of the molecule is Cc1ccc(S(=O)(=O)Nc2ccc(N3CCOCC3)c(C#N)c2)cc1. The number of rotatable bonds is 4. The van der Waals surface area contributed by atoms with Crippen molar-refractivity contribution in [3.05, 3.63) is 53.6 Å². The highest BCUT2D eigenvalue weighted by atomic mass is 32.2. The monoisotopic (exact) mass is 357 g/mol. The summed E-state index contributed by atoms with van der Waals surface area (Å²) in [5.41, 5.74) is 2.59. The zero-order valence-electron chi connectivity index (χ0n) is 13.9. The quantitative estimate of drug-likeness (QED) is 0.909. The molecule has 0 atom stereocenters. The maximum atomic E-state index is 12.5. The Morgan fingerprint density at radius 1 is 1.12 bits per heavy atom.